The van der Waals surface area contributed by atoms with Gasteiger partial charge in [0.2, 0.25) is 0 Å². The van der Waals surface area contributed by atoms with Crippen LogP contribution >= 0.6 is 0 Å². The molecule has 0 heterocycles. The van der Waals surface area contributed by atoms with Gasteiger partial charge in [0, 0.05) is 0 Å². The molecule has 1 nitrogen and oxygen atoms in total. The molecule has 0 aliphatic rings. The van der Waals surface area contributed by atoms with Gasteiger partial charge in [-0.15, -0.1) is 0 Å². The molecule has 0 rings (SSSR count). The van der Waals surface area contributed by atoms with E-state index < -0.39 is 0 Å². The van der Waals surface area contributed by atoms with Crippen molar-refractivity contribution in [3.05, 3.63) is 35.3 Å². The maximum Gasteiger partial charge on any atom is 0.162 e. The van der Waals surface area contributed by atoms with Crippen LogP contribution < -0.4 is 0 Å². The second-order valence-electron chi connectivity index (χ2n) is 1.45. The summed E-state index contributed by atoms with van der Waals surface area (Å²) in [7, 11) is 0. The minimum Gasteiger partial charge on any atom is -0.243 e. The van der Waals surface area contributed by atoms with Gasteiger partial charge in [0.1, 0.15) is 0 Å². The standard InChI is InChI=1S/C7H9N/c1-4-5-6-7(2)8-3/h4-6H,1-2H3/b5-4-,7-6+. The summed E-state index contributed by atoms with van der Waals surface area (Å²) >= 11 is 0. The summed E-state index contributed by atoms with van der Waals surface area (Å²) in [6.45, 7) is 10.2. The molecule has 0 saturated heterocycles. The molecule has 0 unspecified atom stereocenters. The zero-order valence-corrected chi connectivity index (χ0v) is 5.18. The van der Waals surface area contributed by atoms with E-state index in [4.69, 9.17) is 6.57 Å². The van der Waals surface area contributed by atoms with Crippen LogP contribution in [-0.4, -0.2) is 0 Å². The van der Waals surface area contributed by atoms with Gasteiger partial charge in [-0.05, 0) is 13.8 Å². The molecule has 0 aromatic carbocycles. The first-order valence-corrected chi connectivity index (χ1v) is 2.48. The highest BCUT2D eigenvalue weighted by molar-refractivity contribution is 5.14. The van der Waals surface area contributed by atoms with E-state index in [9.17, 15) is 0 Å². The molecule has 0 amide bonds. The molecule has 42 valence electrons. The molecule has 8 heavy (non-hydrogen) atoms. The number of nitrogens with zero attached hydrogens (tertiary/aromatic N) is 1. The Labute approximate surface area is 50.2 Å². The van der Waals surface area contributed by atoms with Crippen LogP contribution in [0.4, 0.5) is 0 Å². The summed E-state index contributed by atoms with van der Waals surface area (Å²) in [5.41, 5.74) is 0.725. The van der Waals surface area contributed by atoms with Crippen molar-refractivity contribution in [1.29, 1.82) is 0 Å². The summed E-state index contributed by atoms with van der Waals surface area (Å²) < 4.78 is 0. The van der Waals surface area contributed by atoms with Gasteiger partial charge in [-0.3, -0.25) is 0 Å². The van der Waals surface area contributed by atoms with Crippen molar-refractivity contribution in [2.75, 3.05) is 0 Å². The highest BCUT2D eigenvalue weighted by atomic mass is 14.6. The van der Waals surface area contributed by atoms with Gasteiger partial charge in [-0.1, -0.05) is 18.2 Å². The normalized spacial score (nSPS) is 11.9. The lowest BCUT2D eigenvalue weighted by Crippen LogP contribution is -1.57. The molecular weight excluding hydrogens is 98.1 g/mol. The van der Waals surface area contributed by atoms with Crippen molar-refractivity contribution in [3.8, 4) is 0 Å². The summed E-state index contributed by atoms with van der Waals surface area (Å²) in [5, 5.41) is 0. The fourth-order valence-corrected chi connectivity index (χ4v) is 0.273. The fraction of sp³-hybridized carbons (Fsp3) is 0.286. The van der Waals surface area contributed by atoms with Gasteiger partial charge in [0.05, 0.1) is 6.57 Å². The highest BCUT2D eigenvalue weighted by Crippen LogP contribution is 1.91. The van der Waals surface area contributed by atoms with E-state index in [0.29, 0.717) is 0 Å². The zero-order valence-electron chi connectivity index (χ0n) is 5.18. The average molecular weight is 107 g/mol. The molecule has 0 radical (unpaired) electrons. The van der Waals surface area contributed by atoms with E-state index in [1.54, 1.807) is 13.0 Å². The molecule has 0 atom stereocenters. The van der Waals surface area contributed by atoms with Crippen LogP contribution in [0.5, 0.6) is 0 Å². The fourth-order valence-electron chi connectivity index (χ4n) is 0.273. The van der Waals surface area contributed by atoms with Crippen LogP contribution in [0.25, 0.3) is 4.85 Å². The lowest BCUT2D eigenvalue weighted by molar-refractivity contribution is 1.52. The van der Waals surface area contributed by atoms with E-state index >= 15 is 0 Å². The van der Waals surface area contributed by atoms with Crippen LogP contribution in [0.2, 0.25) is 0 Å². The van der Waals surface area contributed by atoms with Gasteiger partial charge >= 0.3 is 0 Å². The smallest absolute Gasteiger partial charge is 0.162 e. The summed E-state index contributed by atoms with van der Waals surface area (Å²) in [6.07, 6.45) is 5.54. The first-order chi connectivity index (χ1) is 3.81. The first kappa shape index (κ1) is 6.97. The SMILES string of the molecule is [C-]#[N+]/C(C)=C/C=C\C. The maximum absolute atomic E-state index is 6.51. The summed E-state index contributed by atoms with van der Waals surface area (Å²) in [5.74, 6) is 0. The van der Waals surface area contributed by atoms with Crippen molar-refractivity contribution in [2.45, 2.75) is 13.8 Å². The van der Waals surface area contributed by atoms with Crippen molar-refractivity contribution < 1.29 is 0 Å². The lowest BCUT2D eigenvalue weighted by Gasteiger charge is -1.75. The first-order valence-electron chi connectivity index (χ1n) is 2.48. The van der Waals surface area contributed by atoms with E-state index in [1.807, 2.05) is 19.1 Å². The predicted octanol–water partition coefficient (Wildman–Crippen LogP) is 2.39. The molecule has 1 heteroatoms. The molecule has 0 spiro atoms. The Kier molecular flexibility index (Phi) is 3.60. The lowest BCUT2D eigenvalue weighted by atomic mass is 10.4. The highest BCUT2D eigenvalue weighted by Gasteiger charge is 1.74. The Bertz CT molecular complexity index is 146. The molecule has 0 aromatic rings. The van der Waals surface area contributed by atoms with Crippen LogP contribution in [0.1, 0.15) is 13.8 Å². The van der Waals surface area contributed by atoms with E-state index in [1.165, 1.54) is 0 Å². The largest absolute Gasteiger partial charge is 0.243 e. The van der Waals surface area contributed by atoms with Crippen LogP contribution in [-0.2, 0) is 0 Å². The molecule has 0 saturated carbocycles. The predicted molar refractivity (Wildman–Crippen MR) is 35.2 cm³/mol. The zero-order chi connectivity index (χ0) is 6.41. The van der Waals surface area contributed by atoms with Crippen molar-refractivity contribution >= 4 is 0 Å². The molecule has 0 aliphatic heterocycles. The second kappa shape index (κ2) is 4.14. The maximum atomic E-state index is 6.51. The Hall–Kier alpha value is -1.03. The van der Waals surface area contributed by atoms with E-state index in [-0.39, 0.29) is 0 Å². The molecule has 0 aliphatic carbocycles. The van der Waals surface area contributed by atoms with Gasteiger partial charge in [-0.2, -0.15) is 0 Å². The molecule has 0 aromatic heterocycles. The van der Waals surface area contributed by atoms with Gasteiger partial charge in [0.15, 0.2) is 5.70 Å². The van der Waals surface area contributed by atoms with Crippen LogP contribution in [0.15, 0.2) is 23.9 Å². The molecular formula is C7H9N. The Morgan fingerprint density at radius 3 is 2.62 bits per heavy atom. The Morgan fingerprint density at radius 2 is 2.25 bits per heavy atom. The monoisotopic (exact) mass is 107 g/mol. The van der Waals surface area contributed by atoms with Gasteiger partial charge in [0.25, 0.3) is 0 Å². The third kappa shape index (κ3) is 3.17. The second-order valence-corrected chi connectivity index (χ2v) is 1.45. The van der Waals surface area contributed by atoms with Crippen LogP contribution in [0.3, 0.4) is 0 Å². The number of rotatable bonds is 1. The van der Waals surface area contributed by atoms with Crippen molar-refractivity contribution in [1.82, 2.24) is 0 Å². The van der Waals surface area contributed by atoms with E-state index in [2.05, 4.69) is 4.85 Å². The summed E-state index contributed by atoms with van der Waals surface area (Å²) in [6, 6.07) is 0. The number of allylic oxidation sites excluding steroid dienone is 4. The Morgan fingerprint density at radius 1 is 1.62 bits per heavy atom. The quantitative estimate of drug-likeness (QED) is 0.358. The van der Waals surface area contributed by atoms with Crippen molar-refractivity contribution in [3.63, 3.8) is 0 Å². The molecule has 0 fully saturated rings. The third-order valence-electron chi connectivity index (χ3n) is 0.706. The van der Waals surface area contributed by atoms with Gasteiger partial charge in [-0.25, -0.2) is 4.85 Å². The van der Waals surface area contributed by atoms with Crippen molar-refractivity contribution in [2.24, 2.45) is 0 Å². The Balaban J connectivity index is 3.81. The topological polar surface area (TPSA) is 4.36 Å². The minimum absolute atomic E-state index is 0.725. The summed E-state index contributed by atoms with van der Waals surface area (Å²) in [4.78, 5) is 3.19. The van der Waals surface area contributed by atoms with E-state index in [0.717, 1.165) is 5.70 Å². The minimum atomic E-state index is 0.725. The number of hydrogen-bond acceptors (Lipinski definition) is 0. The average Bonchev–Trinajstić information content (AvgIpc) is 1.83. The van der Waals surface area contributed by atoms with Gasteiger partial charge < -0.3 is 0 Å². The van der Waals surface area contributed by atoms with Crippen LogP contribution in [0, 0.1) is 6.57 Å². The molecule has 0 bridgehead atoms. The molecule has 0 N–H and O–H groups in total. The number of hydrogen-bond donors (Lipinski definition) is 0. The third-order valence-corrected chi connectivity index (χ3v) is 0.706.